The first-order valence-corrected chi connectivity index (χ1v) is 7.09. The van der Waals surface area contributed by atoms with Gasteiger partial charge in [-0.1, -0.05) is 43.4 Å². The number of rotatable bonds is 5. The summed E-state index contributed by atoms with van der Waals surface area (Å²) in [6.45, 7) is 4.24. The summed E-state index contributed by atoms with van der Waals surface area (Å²) in [5.41, 5.74) is 2.65. The van der Waals surface area contributed by atoms with E-state index >= 15 is 0 Å². The van der Waals surface area contributed by atoms with Crippen LogP contribution >= 0.6 is 11.6 Å². The smallest absolute Gasteiger partial charge is 0.0408 e. The molecule has 0 bridgehead atoms. The highest BCUT2D eigenvalue weighted by Crippen LogP contribution is 2.26. The summed E-state index contributed by atoms with van der Waals surface area (Å²) >= 11 is 5.94. The van der Waals surface area contributed by atoms with Gasteiger partial charge in [-0.15, -0.1) is 0 Å². The molecule has 1 N–H and O–H groups in total. The highest BCUT2D eigenvalue weighted by Gasteiger charge is 2.13. The average Bonchev–Trinajstić information content (AvgIpc) is 2.79. The van der Waals surface area contributed by atoms with Crippen molar-refractivity contribution in [1.29, 1.82) is 0 Å². The first-order valence-electron chi connectivity index (χ1n) is 6.71. The van der Waals surface area contributed by atoms with E-state index in [9.17, 15) is 0 Å². The van der Waals surface area contributed by atoms with E-state index in [-0.39, 0.29) is 0 Å². The second-order valence-electron chi connectivity index (χ2n) is 5.19. The zero-order valence-corrected chi connectivity index (χ0v) is 11.4. The van der Waals surface area contributed by atoms with Gasteiger partial charge in [0.15, 0.2) is 0 Å². The number of hydrogen-bond donors (Lipinski definition) is 1. The van der Waals surface area contributed by atoms with E-state index in [0.717, 1.165) is 24.0 Å². The maximum absolute atomic E-state index is 5.94. The van der Waals surface area contributed by atoms with Gasteiger partial charge in [0.2, 0.25) is 0 Å². The fraction of sp³-hybridized carbons (Fsp3) is 0.600. The molecule has 17 heavy (non-hydrogen) atoms. The van der Waals surface area contributed by atoms with Crippen LogP contribution in [0, 0.1) is 12.8 Å². The first-order chi connectivity index (χ1) is 8.25. The van der Waals surface area contributed by atoms with Gasteiger partial charge in [-0.3, -0.25) is 0 Å². The summed E-state index contributed by atoms with van der Waals surface area (Å²) in [6, 6.07) is 6.14. The fourth-order valence-electron chi connectivity index (χ4n) is 2.69. The second-order valence-corrected chi connectivity index (χ2v) is 5.62. The van der Waals surface area contributed by atoms with Crippen LogP contribution in [0.25, 0.3) is 0 Å². The molecule has 1 aromatic rings. The minimum absolute atomic E-state index is 0.831. The molecule has 1 aliphatic carbocycles. The predicted molar refractivity (Wildman–Crippen MR) is 74.5 cm³/mol. The van der Waals surface area contributed by atoms with Gasteiger partial charge in [0.25, 0.3) is 0 Å². The van der Waals surface area contributed by atoms with E-state index in [4.69, 9.17) is 11.6 Å². The Morgan fingerprint density at radius 3 is 2.76 bits per heavy atom. The van der Waals surface area contributed by atoms with Crippen LogP contribution in [0.3, 0.4) is 0 Å². The van der Waals surface area contributed by atoms with Crippen LogP contribution < -0.4 is 5.32 Å². The Kier molecular flexibility index (Phi) is 4.87. The van der Waals surface area contributed by atoms with Crippen molar-refractivity contribution in [2.75, 3.05) is 6.54 Å². The number of nitrogens with one attached hydrogen (secondary N) is 1. The lowest BCUT2D eigenvalue weighted by molar-refractivity contribution is 0.477. The number of aryl methyl sites for hydroxylation is 1. The molecule has 1 fully saturated rings. The third-order valence-electron chi connectivity index (χ3n) is 3.82. The van der Waals surface area contributed by atoms with Gasteiger partial charge in [-0.25, -0.2) is 0 Å². The van der Waals surface area contributed by atoms with Crippen LogP contribution in [-0.4, -0.2) is 6.54 Å². The van der Waals surface area contributed by atoms with Crippen molar-refractivity contribution in [2.45, 2.75) is 45.6 Å². The molecule has 0 aromatic heterocycles. The Balaban J connectivity index is 1.70. The van der Waals surface area contributed by atoms with Crippen LogP contribution in [0.15, 0.2) is 18.2 Å². The van der Waals surface area contributed by atoms with E-state index in [1.807, 2.05) is 12.1 Å². The summed E-state index contributed by atoms with van der Waals surface area (Å²) in [5, 5.41) is 4.38. The van der Waals surface area contributed by atoms with Crippen molar-refractivity contribution in [3.63, 3.8) is 0 Å². The lowest BCUT2D eigenvalue weighted by Gasteiger charge is -2.11. The van der Waals surface area contributed by atoms with E-state index in [0.29, 0.717) is 0 Å². The van der Waals surface area contributed by atoms with E-state index in [2.05, 4.69) is 18.3 Å². The molecule has 1 saturated carbocycles. The number of halogens is 1. The molecular formula is C15H22ClN. The predicted octanol–water partition coefficient (Wildman–Crippen LogP) is 4.32. The monoisotopic (exact) mass is 251 g/mol. The zero-order chi connectivity index (χ0) is 12.1. The Morgan fingerprint density at radius 1 is 1.29 bits per heavy atom. The van der Waals surface area contributed by atoms with Crippen LogP contribution in [-0.2, 0) is 6.54 Å². The molecule has 1 aromatic carbocycles. The minimum Gasteiger partial charge on any atom is -0.313 e. The standard InChI is InChI=1S/C15H22ClN/c1-12-10-15(16)7-6-14(12)11-17-9-8-13-4-2-3-5-13/h6-7,10,13,17H,2-5,8-9,11H2,1H3. The molecule has 0 atom stereocenters. The number of benzene rings is 1. The minimum atomic E-state index is 0.831. The largest absolute Gasteiger partial charge is 0.313 e. The van der Waals surface area contributed by atoms with Gasteiger partial charge < -0.3 is 5.32 Å². The van der Waals surface area contributed by atoms with Gasteiger partial charge in [0.1, 0.15) is 0 Å². The average molecular weight is 252 g/mol. The maximum Gasteiger partial charge on any atom is 0.0408 e. The first kappa shape index (κ1) is 12.9. The highest BCUT2D eigenvalue weighted by atomic mass is 35.5. The van der Waals surface area contributed by atoms with Gasteiger partial charge in [0, 0.05) is 11.6 Å². The zero-order valence-electron chi connectivity index (χ0n) is 10.6. The van der Waals surface area contributed by atoms with Crippen molar-refractivity contribution < 1.29 is 0 Å². The number of hydrogen-bond acceptors (Lipinski definition) is 1. The van der Waals surface area contributed by atoms with E-state index in [1.165, 1.54) is 43.2 Å². The third kappa shape index (κ3) is 4.01. The van der Waals surface area contributed by atoms with Gasteiger partial charge in [0.05, 0.1) is 0 Å². The topological polar surface area (TPSA) is 12.0 Å². The van der Waals surface area contributed by atoms with Crippen LogP contribution in [0.1, 0.15) is 43.2 Å². The summed E-state index contributed by atoms with van der Waals surface area (Å²) in [7, 11) is 0. The quantitative estimate of drug-likeness (QED) is 0.769. The maximum atomic E-state index is 5.94. The molecule has 0 unspecified atom stereocenters. The van der Waals surface area contributed by atoms with Crippen molar-refractivity contribution >= 4 is 11.6 Å². The van der Waals surface area contributed by atoms with Crippen molar-refractivity contribution in [3.05, 3.63) is 34.3 Å². The molecule has 0 radical (unpaired) electrons. The molecule has 94 valence electrons. The summed E-state index contributed by atoms with van der Waals surface area (Å²) in [5.74, 6) is 0.980. The summed E-state index contributed by atoms with van der Waals surface area (Å²) < 4.78 is 0. The molecular weight excluding hydrogens is 230 g/mol. The Bertz CT molecular complexity index is 356. The molecule has 2 rings (SSSR count). The van der Waals surface area contributed by atoms with Crippen LogP contribution in [0.4, 0.5) is 0 Å². The SMILES string of the molecule is Cc1cc(Cl)ccc1CNCCC1CCCC1. The fourth-order valence-corrected chi connectivity index (χ4v) is 2.91. The Morgan fingerprint density at radius 2 is 2.06 bits per heavy atom. The van der Waals surface area contributed by atoms with E-state index in [1.54, 1.807) is 0 Å². The van der Waals surface area contributed by atoms with Crippen molar-refractivity contribution in [2.24, 2.45) is 5.92 Å². The highest BCUT2D eigenvalue weighted by molar-refractivity contribution is 6.30. The summed E-state index contributed by atoms with van der Waals surface area (Å²) in [6.07, 6.45) is 7.12. The normalized spacial score (nSPS) is 16.6. The van der Waals surface area contributed by atoms with Gasteiger partial charge >= 0.3 is 0 Å². The molecule has 1 aliphatic rings. The Hall–Kier alpha value is -0.530. The molecule has 0 amide bonds. The molecule has 0 heterocycles. The summed E-state index contributed by atoms with van der Waals surface area (Å²) in [4.78, 5) is 0. The third-order valence-corrected chi connectivity index (χ3v) is 4.06. The van der Waals surface area contributed by atoms with Crippen molar-refractivity contribution in [3.8, 4) is 0 Å². The molecule has 2 heteroatoms. The molecule has 0 aliphatic heterocycles. The van der Waals surface area contributed by atoms with E-state index < -0.39 is 0 Å². The van der Waals surface area contributed by atoms with Gasteiger partial charge in [-0.05, 0) is 49.1 Å². The Labute approximate surface area is 110 Å². The van der Waals surface area contributed by atoms with Gasteiger partial charge in [-0.2, -0.15) is 0 Å². The lowest BCUT2D eigenvalue weighted by atomic mass is 10.0. The molecule has 0 spiro atoms. The van der Waals surface area contributed by atoms with Crippen molar-refractivity contribution in [1.82, 2.24) is 5.32 Å². The van der Waals surface area contributed by atoms with Crippen LogP contribution in [0.2, 0.25) is 5.02 Å². The molecule has 1 nitrogen and oxygen atoms in total. The lowest BCUT2D eigenvalue weighted by Crippen LogP contribution is -2.17. The molecule has 0 saturated heterocycles. The second kappa shape index (κ2) is 6.42. The van der Waals surface area contributed by atoms with Crippen LogP contribution in [0.5, 0.6) is 0 Å².